The molecule has 19 heavy (non-hydrogen) atoms. The highest BCUT2D eigenvalue weighted by Crippen LogP contribution is 2.21. The molecule has 1 amide bonds. The van der Waals surface area contributed by atoms with Crippen LogP contribution in [0.2, 0.25) is 0 Å². The summed E-state index contributed by atoms with van der Waals surface area (Å²) in [7, 11) is 0. The summed E-state index contributed by atoms with van der Waals surface area (Å²) in [6.07, 6.45) is 3.05. The fraction of sp³-hybridized carbons (Fsp3) is 0.308. The monoisotopic (exact) mass is 322 g/mol. The Morgan fingerprint density at radius 3 is 2.74 bits per heavy atom. The number of carbonyl (C=O) groups excluding carboxylic acids is 1. The van der Waals surface area contributed by atoms with Gasteiger partial charge in [-0.3, -0.25) is 4.79 Å². The number of alkyl halides is 1. The summed E-state index contributed by atoms with van der Waals surface area (Å²) >= 11 is 3.39. The van der Waals surface area contributed by atoms with Gasteiger partial charge in [-0.25, -0.2) is 9.67 Å². The largest absolute Gasteiger partial charge is 0.323 e. The molecule has 0 aliphatic rings. The first-order valence-electron chi connectivity index (χ1n) is 5.98. The fourth-order valence-electron chi connectivity index (χ4n) is 1.62. The molecule has 1 unspecified atom stereocenters. The summed E-state index contributed by atoms with van der Waals surface area (Å²) < 4.78 is 1.62. The van der Waals surface area contributed by atoms with Gasteiger partial charge in [0.2, 0.25) is 5.91 Å². The lowest BCUT2D eigenvalue weighted by Gasteiger charge is -2.15. The minimum atomic E-state index is -0.226. The zero-order valence-corrected chi connectivity index (χ0v) is 12.3. The Morgan fingerprint density at radius 1 is 1.37 bits per heavy atom. The number of rotatable bonds is 4. The maximum Gasteiger partial charge on any atom is 0.238 e. The number of hydrogen-bond donors (Lipinski definition) is 1. The van der Waals surface area contributed by atoms with Gasteiger partial charge in [0.25, 0.3) is 0 Å². The van der Waals surface area contributed by atoms with Crippen molar-refractivity contribution < 1.29 is 4.79 Å². The van der Waals surface area contributed by atoms with Gasteiger partial charge in [-0.15, -0.1) is 0 Å². The van der Waals surface area contributed by atoms with E-state index in [4.69, 9.17) is 0 Å². The second kappa shape index (κ2) is 5.97. The molecule has 5 nitrogen and oxygen atoms in total. The lowest BCUT2D eigenvalue weighted by molar-refractivity contribution is -0.116. The van der Waals surface area contributed by atoms with Crippen LogP contribution in [0, 0.1) is 5.92 Å². The number of amides is 1. The van der Waals surface area contributed by atoms with Crippen LogP contribution in [0.15, 0.2) is 36.9 Å². The first-order valence-corrected chi connectivity index (χ1v) is 6.90. The SMILES string of the molecule is CC(C)C(Br)C(=O)Nc1ccccc1-n1cncn1. The summed E-state index contributed by atoms with van der Waals surface area (Å²) in [6, 6.07) is 7.48. The van der Waals surface area contributed by atoms with Crippen molar-refractivity contribution in [2.75, 3.05) is 5.32 Å². The normalized spacial score (nSPS) is 12.4. The van der Waals surface area contributed by atoms with Gasteiger partial charge in [-0.05, 0) is 18.1 Å². The molecule has 0 saturated heterocycles. The van der Waals surface area contributed by atoms with Crippen molar-refractivity contribution in [3.05, 3.63) is 36.9 Å². The minimum absolute atomic E-state index is 0.0671. The van der Waals surface area contributed by atoms with E-state index in [2.05, 4.69) is 31.3 Å². The summed E-state index contributed by atoms with van der Waals surface area (Å²) in [6.45, 7) is 3.98. The van der Waals surface area contributed by atoms with Gasteiger partial charge in [0.05, 0.1) is 16.2 Å². The Hall–Kier alpha value is -1.69. The number of para-hydroxylation sites is 2. The summed E-state index contributed by atoms with van der Waals surface area (Å²) in [4.78, 5) is 15.8. The third kappa shape index (κ3) is 3.20. The van der Waals surface area contributed by atoms with Crippen LogP contribution in [0.25, 0.3) is 5.69 Å². The van der Waals surface area contributed by atoms with E-state index >= 15 is 0 Å². The Balaban J connectivity index is 2.24. The number of benzene rings is 1. The zero-order chi connectivity index (χ0) is 13.8. The molecule has 0 fully saturated rings. The van der Waals surface area contributed by atoms with Gasteiger partial charge in [0.15, 0.2) is 0 Å². The maximum absolute atomic E-state index is 12.1. The van der Waals surface area contributed by atoms with E-state index in [1.807, 2.05) is 38.1 Å². The van der Waals surface area contributed by atoms with Crippen LogP contribution in [0.3, 0.4) is 0 Å². The molecule has 0 aliphatic heterocycles. The molecule has 1 atom stereocenters. The van der Waals surface area contributed by atoms with E-state index in [-0.39, 0.29) is 16.7 Å². The third-order valence-electron chi connectivity index (χ3n) is 2.66. The van der Waals surface area contributed by atoms with E-state index in [1.165, 1.54) is 6.33 Å². The Bertz CT molecular complexity index is 554. The first kappa shape index (κ1) is 13.7. The van der Waals surface area contributed by atoms with Crippen LogP contribution in [-0.2, 0) is 4.79 Å². The average Bonchev–Trinajstić information content (AvgIpc) is 2.92. The van der Waals surface area contributed by atoms with Gasteiger partial charge < -0.3 is 5.32 Å². The van der Waals surface area contributed by atoms with Crippen LogP contribution < -0.4 is 5.32 Å². The minimum Gasteiger partial charge on any atom is -0.323 e. The number of nitrogens with one attached hydrogen (secondary N) is 1. The number of nitrogens with zero attached hydrogens (tertiary/aromatic N) is 3. The van der Waals surface area contributed by atoms with Crippen molar-refractivity contribution in [1.29, 1.82) is 0 Å². The molecule has 1 heterocycles. The summed E-state index contributed by atoms with van der Waals surface area (Å²) in [5, 5.41) is 6.98. The number of anilines is 1. The van der Waals surface area contributed by atoms with Gasteiger partial charge in [-0.2, -0.15) is 5.10 Å². The van der Waals surface area contributed by atoms with Crippen molar-refractivity contribution in [2.24, 2.45) is 5.92 Å². The van der Waals surface area contributed by atoms with Gasteiger partial charge in [0, 0.05) is 0 Å². The standard InChI is InChI=1S/C13H15BrN4O/c1-9(2)12(14)13(19)17-10-5-3-4-6-11(10)18-8-15-7-16-18/h3-9,12H,1-2H3,(H,17,19). The number of carbonyl (C=O) groups is 1. The number of halogens is 1. The highest BCUT2D eigenvalue weighted by molar-refractivity contribution is 9.10. The molecule has 0 saturated carbocycles. The molecule has 2 rings (SSSR count). The van der Waals surface area contributed by atoms with E-state index < -0.39 is 0 Å². The molecule has 6 heteroatoms. The van der Waals surface area contributed by atoms with Crippen molar-refractivity contribution in [3.8, 4) is 5.69 Å². The van der Waals surface area contributed by atoms with E-state index in [0.29, 0.717) is 5.69 Å². The van der Waals surface area contributed by atoms with Crippen LogP contribution in [0.1, 0.15) is 13.8 Å². The topological polar surface area (TPSA) is 59.8 Å². The van der Waals surface area contributed by atoms with Crippen LogP contribution in [0.4, 0.5) is 5.69 Å². The zero-order valence-electron chi connectivity index (χ0n) is 10.7. The average molecular weight is 323 g/mol. The lowest BCUT2D eigenvalue weighted by Crippen LogP contribution is -2.27. The highest BCUT2D eigenvalue weighted by atomic mass is 79.9. The van der Waals surface area contributed by atoms with Crippen LogP contribution in [-0.4, -0.2) is 25.5 Å². The molecule has 1 aromatic heterocycles. The predicted molar refractivity (Wildman–Crippen MR) is 77.5 cm³/mol. The van der Waals surface area contributed by atoms with Crippen molar-refractivity contribution in [3.63, 3.8) is 0 Å². The summed E-state index contributed by atoms with van der Waals surface area (Å²) in [5.41, 5.74) is 1.50. The van der Waals surface area contributed by atoms with Crippen molar-refractivity contribution in [1.82, 2.24) is 14.8 Å². The predicted octanol–water partition coefficient (Wildman–Crippen LogP) is 2.63. The van der Waals surface area contributed by atoms with Crippen molar-refractivity contribution >= 4 is 27.5 Å². The maximum atomic E-state index is 12.1. The first-order chi connectivity index (χ1) is 9.09. The summed E-state index contributed by atoms with van der Waals surface area (Å²) in [5.74, 6) is 0.154. The second-order valence-electron chi connectivity index (χ2n) is 4.49. The third-order valence-corrected chi connectivity index (χ3v) is 4.14. The molecule has 2 aromatic rings. The van der Waals surface area contributed by atoms with E-state index in [1.54, 1.807) is 11.0 Å². The molecular formula is C13H15BrN4O. The Kier molecular flexibility index (Phi) is 4.31. The molecule has 0 aliphatic carbocycles. The lowest BCUT2D eigenvalue weighted by atomic mass is 10.1. The quantitative estimate of drug-likeness (QED) is 0.880. The number of aromatic nitrogens is 3. The molecule has 1 aromatic carbocycles. The Labute approximate surface area is 120 Å². The molecular weight excluding hydrogens is 308 g/mol. The number of hydrogen-bond acceptors (Lipinski definition) is 3. The van der Waals surface area contributed by atoms with E-state index in [9.17, 15) is 4.79 Å². The highest BCUT2D eigenvalue weighted by Gasteiger charge is 2.19. The molecule has 0 radical (unpaired) electrons. The van der Waals surface area contributed by atoms with Crippen LogP contribution in [0.5, 0.6) is 0 Å². The van der Waals surface area contributed by atoms with Gasteiger partial charge in [0.1, 0.15) is 12.7 Å². The smallest absolute Gasteiger partial charge is 0.238 e. The Morgan fingerprint density at radius 2 is 2.11 bits per heavy atom. The molecule has 0 spiro atoms. The molecule has 1 N–H and O–H groups in total. The van der Waals surface area contributed by atoms with Gasteiger partial charge >= 0.3 is 0 Å². The van der Waals surface area contributed by atoms with Gasteiger partial charge in [-0.1, -0.05) is 41.9 Å². The second-order valence-corrected chi connectivity index (χ2v) is 5.48. The molecule has 0 bridgehead atoms. The van der Waals surface area contributed by atoms with E-state index in [0.717, 1.165) is 5.69 Å². The van der Waals surface area contributed by atoms with Crippen LogP contribution >= 0.6 is 15.9 Å². The molecule has 100 valence electrons. The van der Waals surface area contributed by atoms with Crippen molar-refractivity contribution in [2.45, 2.75) is 18.7 Å². The fourth-order valence-corrected chi connectivity index (χ4v) is 1.73.